The molecule has 2 rings (SSSR count). The maximum absolute atomic E-state index is 4.62. The van der Waals surface area contributed by atoms with Gasteiger partial charge in [-0.1, -0.05) is 12.1 Å². The van der Waals surface area contributed by atoms with E-state index in [0.717, 1.165) is 18.7 Å². The zero-order chi connectivity index (χ0) is 10.5. The molecule has 0 aromatic carbocycles. The third-order valence-corrected chi connectivity index (χ3v) is 2.94. The van der Waals surface area contributed by atoms with Crippen LogP contribution in [0.3, 0.4) is 0 Å². The topological polar surface area (TPSA) is 63.8 Å². The molecule has 0 amide bonds. The summed E-state index contributed by atoms with van der Waals surface area (Å²) < 4.78 is 4.62. The average molecular weight is 224 g/mol. The summed E-state index contributed by atoms with van der Waals surface area (Å²) in [6.07, 6.45) is 2.32. The van der Waals surface area contributed by atoms with Crippen LogP contribution in [0, 0.1) is 0 Å². The maximum atomic E-state index is 4.62. The quantitative estimate of drug-likeness (QED) is 0.831. The van der Waals surface area contributed by atoms with Crippen LogP contribution in [0.25, 0.3) is 0 Å². The Hall–Kier alpha value is -1.27. The molecule has 5 nitrogen and oxygen atoms in total. The second-order valence-electron chi connectivity index (χ2n) is 3.04. The fraction of sp³-hybridized carbons (Fsp3) is 0.444. The summed E-state index contributed by atoms with van der Waals surface area (Å²) in [6, 6.07) is 0. The number of aryl methyl sites for hydroxylation is 1. The first-order valence-corrected chi connectivity index (χ1v) is 5.65. The van der Waals surface area contributed by atoms with Crippen molar-refractivity contribution >= 4 is 11.3 Å². The zero-order valence-corrected chi connectivity index (χ0v) is 9.25. The minimum absolute atomic E-state index is 0.607. The Kier molecular flexibility index (Phi) is 3.41. The zero-order valence-electron chi connectivity index (χ0n) is 8.43. The van der Waals surface area contributed by atoms with E-state index in [2.05, 4.69) is 37.3 Å². The Morgan fingerprint density at radius 3 is 3.07 bits per heavy atom. The van der Waals surface area contributed by atoms with Crippen molar-refractivity contribution in [2.45, 2.75) is 26.4 Å². The van der Waals surface area contributed by atoms with E-state index >= 15 is 0 Å². The van der Waals surface area contributed by atoms with Gasteiger partial charge in [-0.15, -0.1) is 11.3 Å². The van der Waals surface area contributed by atoms with Gasteiger partial charge >= 0.3 is 0 Å². The van der Waals surface area contributed by atoms with E-state index in [0.29, 0.717) is 12.4 Å². The molecule has 80 valence electrons. The van der Waals surface area contributed by atoms with Crippen LogP contribution in [-0.2, 0) is 19.5 Å². The predicted molar refractivity (Wildman–Crippen MR) is 56.3 cm³/mol. The van der Waals surface area contributed by atoms with E-state index in [1.807, 2.05) is 0 Å². The molecule has 0 radical (unpaired) electrons. The van der Waals surface area contributed by atoms with Crippen molar-refractivity contribution in [2.75, 3.05) is 0 Å². The van der Waals surface area contributed by atoms with Gasteiger partial charge in [0.15, 0.2) is 5.82 Å². The van der Waals surface area contributed by atoms with Crippen molar-refractivity contribution in [3.8, 4) is 0 Å². The molecule has 0 unspecified atom stereocenters. The highest BCUT2D eigenvalue weighted by Crippen LogP contribution is 2.09. The summed E-state index contributed by atoms with van der Waals surface area (Å²) in [5.41, 5.74) is 1.07. The minimum Gasteiger partial charge on any atom is -0.343 e. The summed E-state index contributed by atoms with van der Waals surface area (Å²) in [6.45, 7) is 3.45. The smallest absolute Gasteiger partial charge is 0.213 e. The summed E-state index contributed by atoms with van der Waals surface area (Å²) in [4.78, 5) is 8.35. The molecule has 0 aliphatic carbocycles. The SMILES string of the molecule is CCc1nc(CNCc2ncon2)cs1. The Morgan fingerprint density at radius 2 is 2.40 bits per heavy atom. The summed E-state index contributed by atoms with van der Waals surface area (Å²) in [7, 11) is 0. The molecule has 6 heteroatoms. The van der Waals surface area contributed by atoms with Gasteiger partial charge < -0.3 is 9.84 Å². The van der Waals surface area contributed by atoms with Crippen LogP contribution in [0.4, 0.5) is 0 Å². The van der Waals surface area contributed by atoms with Crippen LogP contribution < -0.4 is 5.32 Å². The van der Waals surface area contributed by atoms with Gasteiger partial charge in [0.1, 0.15) is 0 Å². The van der Waals surface area contributed by atoms with Crippen LogP contribution in [0.15, 0.2) is 16.3 Å². The van der Waals surface area contributed by atoms with E-state index in [9.17, 15) is 0 Å². The standard InChI is InChI=1S/C9H12N4OS/c1-2-9-12-7(5-15-9)3-10-4-8-11-6-14-13-8/h5-6,10H,2-4H2,1H3. The lowest BCUT2D eigenvalue weighted by Gasteiger charge is -1.97. The first-order chi connectivity index (χ1) is 7.38. The van der Waals surface area contributed by atoms with Crippen LogP contribution in [-0.4, -0.2) is 15.1 Å². The van der Waals surface area contributed by atoms with E-state index < -0.39 is 0 Å². The van der Waals surface area contributed by atoms with Crippen LogP contribution in [0.2, 0.25) is 0 Å². The van der Waals surface area contributed by atoms with Crippen molar-refractivity contribution in [3.05, 3.63) is 28.3 Å². The summed E-state index contributed by atoms with van der Waals surface area (Å²) >= 11 is 1.70. The molecular weight excluding hydrogens is 212 g/mol. The van der Waals surface area contributed by atoms with Crippen molar-refractivity contribution in [2.24, 2.45) is 0 Å². The maximum Gasteiger partial charge on any atom is 0.213 e. The first kappa shape index (κ1) is 10.3. The molecule has 0 fully saturated rings. The van der Waals surface area contributed by atoms with Gasteiger partial charge in [-0.2, -0.15) is 4.98 Å². The minimum atomic E-state index is 0.607. The number of aromatic nitrogens is 3. The fourth-order valence-electron chi connectivity index (χ4n) is 1.17. The van der Waals surface area contributed by atoms with E-state index in [1.165, 1.54) is 11.4 Å². The van der Waals surface area contributed by atoms with Crippen LogP contribution in [0.5, 0.6) is 0 Å². The molecule has 1 N–H and O–H groups in total. The molecule has 0 spiro atoms. The highest BCUT2D eigenvalue weighted by Gasteiger charge is 2.01. The summed E-state index contributed by atoms with van der Waals surface area (Å²) in [5, 5.41) is 10.1. The average Bonchev–Trinajstić information content (AvgIpc) is 2.88. The van der Waals surface area contributed by atoms with Crippen molar-refractivity contribution in [3.63, 3.8) is 0 Å². The number of nitrogens with one attached hydrogen (secondary N) is 1. The van der Waals surface area contributed by atoms with Gasteiger partial charge in [0, 0.05) is 11.9 Å². The molecule has 2 aromatic rings. The first-order valence-electron chi connectivity index (χ1n) is 4.77. The van der Waals surface area contributed by atoms with E-state index in [1.54, 1.807) is 11.3 Å². The van der Waals surface area contributed by atoms with Gasteiger partial charge in [-0.3, -0.25) is 0 Å². The molecular formula is C9H12N4OS. The largest absolute Gasteiger partial charge is 0.343 e. The third-order valence-electron chi connectivity index (χ3n) is 1.90. The lowest BCUT2D eigenvalue weighted by molar-refractivity contribution is 0.407. The molecule has 2 heterocycles. The summed E-state index contributed by atoms with van der Waals surface area (Å²) in [5.74, 6) is 0.668. The lowest BCUT2D eigenvalue weighted by atomic mass is 10.4. The highest BCUT2D eigenvalue weighted by molar-refractivity contribution is 7.09. The predicted octanol–water partition coefficient (Wildman–Crippen LogP) is 1.38. The third kappa shape index (κ3) is 2.84. The number of thiazole rings is 1. The molecule has 0 atom stereocenters. The van der Waals surface area contributed by atoms with Crippen molar-refractivity contribution in [1.29, 1.82) is 0 Å². The lowest BCUT2D eigenvalue weighted by Crippen LogP contribution is -2.13. The van der Waals surface area contributed by atoms with E-state index in [-0.39, 0.29) is 0 Å². The molecule has 0 bridgehead atoms. The highest BCUT2D eigenvalue weighted by atomic mass is 32.1. The van der Waals surface area contributed by atoms with Gasteiger partial charge in [0.05, 0.1) is 17.2 Å². The van der Waals surface area contributed by atoms with Gasteiger partial charge in [0.25, 0.3) is 0 Å². The van der Waals surface area contributed by atoms with Gasteiger partial charge in [-0.25, -0.2) is 4.98 Å². The second kappa shape index (κ2) is 4.99. The molecule has 0 saturated heterocycles. The number of nitrogens with zero attached hydrogens (tertiary/aromatic N) is 3. The Labute approximate surface area is 91.5 Å². The van der Waals surface area contributed by atoms with Crippen LogP contribution >= 0.6 is 11.3 Å². The number of rotatable bonds is 5. The molecule has 0 saturated carbocycles. The van der Waals surface area contributed by atoms with Crippen molar-refractivity contribution < 1.29 is 4.52 Å². The Balaban J connectivity index is 1.78. The Morgan fingerprint density at radius 1 is 1.47 bits per heavy atom. The number of hydrogen-bond donors (Lipinski definition) is 1. The second-order valence-corrected chi connectivity index (χ2v) is 3.98. The molecule has 15 heavy (non-hydrogen) atoms. The van der Waals surface area contributed by atoms with Gasteiger partial charge in [0.2, 0.25) is 6.39 Å². The fourth-order valence-corrected chi connectivity index (χ4v) is 1.91. The van der Waals surface area contributed by atoms with Gasteiger partial charge in [-0.05, 0) is 6.42 Å². The van der Waals surface area contributed by atoms with E-state index in [4.69, 9.17) is 0 Å². The van der Waals surface area contributed by atoms with Crippen LogP contribution in [0.1, 0.15) is 23.4 Å². The number of hydrogen-bond acceptors (Lipinski definition) is 6. The Bertz CT molecular complexity index is 398. The monoisotopic (exact) mass is 224 g/mol. The molecule has 0 aliphatic heterocycles. The van der Waals surface area contributed by atoms with Crippen molar-refractivity contribution in [1.82, 2.24) is 20.4 Å². The normalized spacial score (nSPS) is 10.7. The molecule has 2 aromatic heterocycles. The molecule has 0 aliphatic rings.